The Labute approximate surface area is 121 Å². The van der Waals surface area contributed by atoms with Gasteiger partial charge in [0.1, 0.15) is 5.71 Å². The van der Waals surface area contributed by atoms with Gasteiger partial charge in [0.25, 0.3) is 5.91 Å². The van der Waals surface area contributed by atoms with E-state index in [0.717, 1.165) is 16.3 Å². The Morgan fingerprint density at radius 2 is 1.90 bits per heavy atom. The topological polar surface area (TPSA) is 93.8 Å². The van der Waals surface area contributed by atoms with Gasteiger partial charge in [-0.25, -0.2) is 10.6 Å². The van der Waals surface area contributed by atoms with Crippen LogP contribution in [0.25, 0.3) is 10.8 Å². The molecule has 6 nitrogen and oxygen atoms in total. The summed E-state index contributed by atoms with van der Waals surface area (Å²) in [5, 5.41) is 2.14. The van der Waals surface area contributed by atoms with Crippen LogP contribution in [0, 0.1) is 0 Å². The van der Waals surface area contributed by atoms with Gasteiger partial charge in [-0.3, -0.25) is 10.2 Å². The number of aliphatic imine (C=N–C) groups is 1. The molecule has 2 aromatic carbocycles. The van der Waals surface area contributed by atoms with Crippen molar-refractivity contribution < 1.29 is 14.3 Å². The van der Waals surface area contributed by atoms with Crippen LogP contribution < -0.4 is 11.3 Å². The van der Waals surface area contributed by atoms with Crippen molar-refractivity contribution in [3.8, 4) is 0 Å². The quantitative estimate of drug-likeness (QED) is 0.387. The van der Waals surface area contributed by atoms with Gasteiger partial charge in [-0.05, 0) is 16.3 Å². The SMILES string of the molecule is COC(=O)N=C(Cc1ccc2ccccc2c1)C(=O)NN. The summed E-state index contributed by atoms with van der Waals surface area (Å²) < 4.78 is 4.44. The van der Waals surface area contributed by atoms with E-state index in [9.17, 15) is 9.59 Å². The summed E-state index contributed by atoms with van der Waals surface area (Å²) in [6, 6.07) is 13.6. The van der Waals surface area contributed by atoms with Crippen molar-refractivity contribution >= 4 is 28.5 Å². The fourth-order valence-corrected chi connectivity index (χ4v) is 1.95. The van der Waals surface area contributed by atoms with Crippen molar-refractivity contribution in [1.29, 1.82) is 0 Å². The second kappa shape index (κ2) is 6.62. The molecule has 108 valence electrons. The van der Waals surface area contributed by atoms with Crippen LogP contribution in [0.15, 0.2) is 47.5 Å². The van der Waals surface area contributed by atoms with Crippen LogP contribution in [0.4, 0.5) is 4.79 Å². The average molecular weight is 285 g/mol. The van der Waals surface area contributed by atoms with Crippen molar-refractivity contribution in [3.63, 3.8) is 0 Å². The number of nitrogens with one attached hydrogen (secondary N) is 1. The maximum atomic E-state index is 11.7. The van der Waals surface area contributed by atoms with E-state index in [2.05, 4.69) is 9.73 Å². The summed E-state index contributed by atoms with van der Waals surface area (Å²) in [4.78, 5) is 26.5. The van der Waals surface area contributed by atoms with E-state index in [0.29, 0.717) is 0 Å². The zero-order valence-corrected chi connectivity index (χ0v) is 11.5. The van der Waals surface area contributed by atoms with Gasteiger partial charge in [-0.2, -0.15) is 4.99 Å². The van der Waals surface area contributed by atoms with E-state index < -0.39 is 12.0 Å². The summed E-state index contributed by atoms with van der Waals surface area (Å²) in [5.74, 6) is 4.48. The number of benzene rings is 2. The Balaban J connectivity index is 2.31. The number of hydrazine groups is 1. The molecule has 0 aliphatic carbocycles. The summed E-state index contributed by atoms with van der Waals surface area (Å²) in [6.45, 7) is 0. The minimum absolute atomic E-state index is 0.000342. The van der Waals surface area contributed by atoms with Gasteiger partial charge in [0.2, 0.25) is 0 Å². The van der Waals surface area contributed by atoms with Crippen LogP contribution in [-0.4, -0.2) is 24.8 Å². The molecule has 2 aromatic rings. The third kappa shape index (κ3) is 3.64. The first-order chi connectivity index (χ1) is 10.1. The van der Waals surface area contributed by atoms with Crippen LogP contribution in [0.3, 0.4) is 0 Å². The average Bonchev–Trinajstić information content (AvgIpc) is 2.53. The lowest BCUT2D eigenvalue weighted by Crippen LogP contribution is -2.37. The molecule has 0 spiro atoms. The summed E-state index contributed by atoms with van der Waals surface area (Å²) >= 11 is 0. The van der Waals surface area contributed by atoms with Crippen LogP contribution in [0.2, 0.25) is 0 Å². The fourth-order valence-electron chi connectivity index (χ4n) is 1.95. The monoisotopic (exact) mass is 285 g/mol. The zero-order valence-electron chi connectivity index (χ0n) is 11.5. The standard InChI is InChI=1S/C15H15N3O3/c1-21-15(20)17-13(14(19)18-16)9-10-6-7-11-4-2-3-5-12(11)8-10/h2-8H,9,16H2,1H3,(H,18,19). The van der Waals surface area contributed by atoms with E-state index in [-0.39, 0.29) is 12.1 Å². The number of hydrogen-bond donors (Lipinski definition) is 2. The molecule has 0 radical (unpaired) electrons. The number of carbonyl (C=O) groups excluding carboxylic acids is 2. The number of nitrogens with two attached hydrogens (primary N) is 1. The highest BCUT2D eigenvalue weighted by atomic mass is 16.5. The van der Waals surface area contributed by atoms with E-state index in [1.54, 1.807) is 0 Å². The predicted molar refractivity (Wildman–Crippen MR) is 79.8 cm³/mol. The number of carbonyl (C=O) groups is 2. The largest absolute Gasteiger partial charge is 0.451 e. The maximum Gasteiger partial charge on any atom is 0.433 e. The summed E-state index contributed by atoms with van der Waals surface area (Å²) in [5.41, 5.74) is 2.82. The van der Waals surface area contributed by atoms with Crippen LogP contribution >= 0.6 is 0 Å². The van der Waals surface area contributed by atoms with Gasteiger partial charge in [-0.15, -0.1) is 0 Å². The van der Waals surface area contributed by atoms with Crippen LogP contribution in [0.5, 0.6) is 0 Å². The molecule has 0 saturated heterocycles. The molecule has 2 amide bonds. The molecule has 0 fully saturated rings. The summed E-state index contributed by atoms with van der Waals surface area (Å²) in [7, 11) is 1.19. The third-order valence-electron chi connectivity index (χ3n) is 2.98. The van der Waals surface area contributed by atoms with Gasteiger partial charge in [0, 0.05) is 6.42 Å². The van der Waals surface area contributed by atoms with Gasteiger partial charge in [0.15, 0.2) is 0 Å². The molecule has 0 aliphatic heterocycles. The third-order valence-corrected chi connectivity index (χ3v) is 2.98. The molecule has 21 heavy (non-hydrogen) atoms. The van der Waals surface area contributed by atoms with Gasteiger partial charge in [-0.1, -0.05) is 42.5 Å². The molecule has 0 heterocycles. The Bertz CT molecular complexity index is 710. The van der Waals surface area contributed by atoms with Crippen molar-refractivity contribution in [2.45, 2.75) is 6.42 Å². The lowest BCUT2D eigenvalue weighted by Gasteiger charge is -2.06. The number of hydrogen-bond acceptors (Lipinski definition) is 4. The first-order valence-electron chi connectivity index (χ1n) is 6.28. The number of amides is 2. The molecule has 3 N–H and O–H groups in total. The Hall–Kier alpha value is -2.73. The number of nitrogens with zero attached hydrogens (tertiary/aromatic N) is 1. The second-order valence-electron chi connectivity index (χ2n) is 4.36. The second-order valence-corrected chi connectivity index (χ2v) is 4.36. The maximum absolute atomic E-state index is 11.7. The van der Waals surface area contributed by atoms with Gasteiger partial charge >= 0.3 is 6.09 Å². The molecule has 0 saturated carbocycles. The van der Waals surface area contributed by atoms with Crippen LogP contribution in [0.1, 0.15) is 5.56 Å². The fraction of sp³-hybridized carbons (Fsp3) is 0.133. The molecule has 0 aliphatic rings. The normalized spacial score (nSPS) is 11.2. The van der Waals surface area contributed by atoms with Gasteiger partial charge < -0.3 is 4.74 Å². The first kappa shape index (κ1) is 14.7. The number of methoxy groups -OCH3 is 1. The summed E-state index contributed by atoms with van der Waals surface area (Å²) in [6.07, 6.45) is -0.655. The number of ether oxygens (including phenoxy) is 1. The molecule has 0 atom stereocenters. The molecule has 6 heteroatoms. The van der Waals surface area contributed by atoms with E-state index >= 15 is 0 Å². The molecule has 0 aromatic heterocycles. The Morgan fingerprint density at radius 3 is 2.57 bits per heavy atom. The molecule has 0 bridgehead atoms. The van der Waals surface area contributed by atoms with E-state index in [4.69, 9.17) is 5.84 Å². The van der Waals surface area contributed by atoms with Crippen molar-refractivity contribution in [1.82, 2.24) is 5.43 Å². The van der Waals surface area contributed by atoms with Gasteiger partial charge in [0.05, 0.1) is 7.11 Å². The molecule has 2 rings (SSSR count). The number of fused-ring (bicyclic) bond motifs is 1. The molecular formula is C15H15N3O3. The smallest absolute Gasteiger partial charge is 0.433 e. The first-order valence-corrected chi connectivity index (χ1v) is 6.28. The van der Waals surface area contributed by atoms with Crippen LogP contribution in [-0.2, 0) is 16.0 Å². The van der Waals surface area contributed by atoms with E-state index in [1.807, 2.05) is 47.9 Å². The predicted octanol–water partition coefficient (Wildman–Crippen LogP) is 1.58. The Kier molecular flexibility index (Phi) is 4.63. The van der Waals surface area contributed by atoms with Crippen molar-refractivity contribution in [2.24, 2.45) is 10.8 Å². The lowest BCUT2D eigenvalue weighted by atomic mass is 10.0. The zero-order chi connectivity index (χ0) is 15.2. The highest BCUT2D eigenvalue weighted by molar-refractivity contribution is 6.40. The number of rotatable bonds is 3. The Morgan fingerprint density at radius 1 is 1.19 bits per heavy atom. The minimum atomic E-state index is -0.839. The van der Waals surface area contributed by atoms with E-state index in [1.165, 1.54) is 7.11 Å². The highest BCUT2D eigenvalue weighted by Gasteiger charge is 2.13. The molecule has 0 unspecified atom stereocenters. The van der Waals surface area contributed by atoms with Crippen molar-refractivity contribution in [3.05, 3.63) is 48.0 Å². The van der Waals surface area contributed by atoms with Crippen molar-refractivity contribution in [2.75, 3.05) is 7.11 Å². The molecular weight excluding hydrogens is 270 g/mol. The lowest BCUT2D eigenvalue weighted by molar-refractivity contribution is -0.115. The highest BCUT2D eigenvalue weighted by Crippen LogP contribution is 2.16. The minimum Gasteiger partial charge on any atom is -0.451 e.